The van der Waals surface area contributed by atoms with E-state index in [1.165, 1.54) is 12.3 Å². The Morgan fingerprint density at radius 2 is 2.33 bits per heavy atom. The maximum atomic E-state index is 11.0. The summed E-state index contributed by atoms with van der Waals surface area (Å²) >= 11 is 5.76. The second kappa shape index (κ2) is 4.70. The van der Waals surface area contributed by atoms with Crippen LogP contribution in [0.25, 0.3) is 0 Å². The molecule has 0 radical (unpaired) electrons. The summed E-state index contributed by atoms with van der Waals surface area (Å²) in [6.07, 6.45) is 1.44. The first-order valence-electron chi connectivity index (χ1n) is 5.69. The molecule has 0 unspecified atom stereocenters. The molecule has 0 atom stereocenters. The van der Waals surface area contributed by atoms with Crippen LogP contribution in [-0.4, -0.2) is 35.1 Å². The number of hydrogen-bond donors (Lipinski definition) is 1. The SMILES string of the molecule is CC1(C)CN(c2ncc(Cl)cc2[N+](=O)[O-])CCN1. The molecule has 0 bridgehead atoms. The first kappa shape index (κ1) is 13.0. The van der Waals surface area contributed by atoms with E-state index < -0.39 is 4.92 Å². The van der Waals surface area contributed by atoms with Crippen LogP contribution < -0.4 is 10.2 Å². The van der Waals surface area contributed by atoms with E-state index in [2.05, 4.69) is 24.1 Å². The molecule has 6 nitrogen and oxygen atoms in total. The molecule has 0 amide bonds. The molecule has 1 fully saturated rings. The zero-order valence-electron chi connectivity index (χ0n) is 10.3. The van der Waals surface area contributed by atoms with E-state index in [-0.39, 0.29) is 16.2 Å². The lowest BCUT2D eigenvalue weighted by Gasteiger charge is -2.39. The monoisotopic (exact) mass is 270 g/mol. The van der Waals surface area contributed by atoms with E-state index in [4.69, 9.17) is 11.6 Å². The molecule has 0 aromatic carbocycles. The van der Waals surface area contributed by atoms with Gasteiger partial charge in [0, 0.05) is 37.4 Å². The van der Waals surface area contributed by atoms with Crippen molar-refractivity contribution in [2.75, 3.05) is 24.5 Å². The summed E-state index contributed by atoms with van der Waals surface area (Å²) in [5, 5.41) is 14.7. The predicted molar refractivity (Wildman–Crippen MR) is 70.2 cm³/mol. The van der Waals surface area contributed by atoms with Crippen LogP contribution in [0.5, 0.6) is 0 Å². The zero-order valence-corrected chi connectivity index (χ0v) is 11.1. The second-order valence-electron chi connectivity index (χ2n) is 4.99. The van der Waals surface area contributed by atoms with Gasteiger partial charge < -0.3 is 10.2 Å². The number of aromatic nitrogens is 1. The summed E-state index contributed by atoms with van der Waals surface area (Å²) < 4.78 is 0. The van der Waals surface area contributed by atoms with Gasteiger partial charge in [-0.2, -0.15) is 0 Å². The molecular formula is C11H15ClN4O2. The molecule has 0 spiro atoms. The zero-order chi connectivity index (χ0) is 13.3. The van der Waals surface area contributed by atoms with Gasteiger partial charge in [-0.3, -0.25) is 10.1 Å². The van der Waals surface area contributed by atoms with Crippen LogP contribution in [0.15, 0.2) is 12.3 Å². The molecule has 0 aliphatic carbocycles. The Morgan fingerprint density at radius 3 is 2.94 bits per heavy atom. The highest BCUT2D eigenvalue weighted by molar-refractivity contribution is 6.30. The molecule has 1 N–H and O–H groups in total. The highest BCUT2D eigenvalue weighted by Gasteiger charge is 2.30. The third-order valence-electron chi connectivity index (χ3n) is 2.88. The van der Waals surface area contributed by atoms with Crippen molar-refractivity contribution in [2.45, 2.75) is 19.4 Å². The van der Waals surface area contributed by atoms with Gasteiger partial charge in [-0.25, -0.2) is 4.98 Å². The quantitative estimate of drug-likeness (QED) is 0.656. The minimum absolute atomic E-state index is 0.0415. The molecule has 0 saturated carbocycles. The van der Waals surface area contributed by atoms with Gasteiger partial charge in [0.2, 0.25) is 5.82 Å². The Morgan fingerprint density at radius 1 is 1.61 bits per heavy atom. The van der Waals surface area contributed by atoms with Gasteiger partial charge in [-0.1, -0.05) is 11.6 Å². The highest BCUT2D eigenvalue weighted by Crippen LogP contribution is 2.29. The molecule has 1 aliphatic heterocycles. The molecule has 1 saturated heterocycles. The molecule has 1 aromatic heterocycles. The smallest absolute Gasteiger partial charge is 0.313 e. The fraction of sp³-hybridized carbons (Fsp3) is 0.545. The highest BCUT2D eigenvalue weighted by atomic mass is 35.5. The van der Waals surface area contributed by atoms with E-state index in [0.29, 0.717) is 18.9 Å². The lowest BCUT2D eigenvalue weighted by atomic mass is 10.0. The number of nitrogens with zero attached hydrogens (tertiary/aromatic N) is 3. The lowest BCUT2D eigenvalue weighted by molar-refractivity contribution is -0.384. The molecule has 1 aliphatic rings. The first-order chi connectivity index (χ1) is 8.39. The van der Waals surface area contributed by atoms with Gasteiger partial charge in [0.25, 0.3) is 0 Å². The Bertz CT molecular complexity index is 478. The number of halogens is 1. The van der Waals surface area contributed by atoms with Crippen molar-refractivity contribution in [3.05, 3.63) is 27.4 Å². The van der Waals surface area contributed by atoms with E-state index in [1.807, 2.05) is 4.90 Å². The standard InChI is InChI=1S/C11H15ClN4O2/c1-11(2)7-15(4-3-14-11)10-9(16(17)18)5-8(12)6-13-10/h5-6,14H,3-4,7H2,1-2H3. The second-order valence-corrected chi connectivity index (χ2v) is 5.42. The third kappa shape index (κ3) is 2.70. The van der Waals surface area contributed by atoms with Crippen molar-refractivity contribution >= 4 is 23.1 Å². The normalized spacial score (nSPS) is 18.7. The number of anilines is 1. The van der Waals surface area contributed by atoms with Crippen molar-refractivity contribution in [2.24, 2.45) is 0 Å². The van der Waals surface area contributed by atoms with Gasteiger partial charge >= 0.3 is 5.69 Å². The maximum absolute atomic E-state index is 11.0. The summed E-state index contributed by atoms with van der Waals surface area (Å²) in [6, 6.07) is 1.35. The van der Waals surface area contributed by atoms with Crippen molar-refractivity contribution in [3.63, 3.8) is 0 Å². The third-order valence-corrected chi connectivity index (χ3v) is 3.09. The predicted octanol–water partition coefficient (Wildman–Crippen LogP) is 1.83. The van der Waals surface area contributed by atoms with Crippen LogP contribution in [-0.2, 0) is 0 Å². The van der Waals surface area contributed by atoms with Gasteiger partial charge in [0.15, 0.2) is 0 Å². The summed E-state index contributed by atoms with van der Waals surface area (Å²) in [7, 11) is 0. The Kier molecular flexibility index (Phi) is 3.41. The van der Waals surface area contributed by atoms with Crippen LogP contribution >= 0.6 is 11.6 Å². The van der Waals surface area contributed by atoms with E-state index in [9.17, 15) is 10.1 Å². The molecule has 18 heavy (non-hydrogen) atoms. The fourth-order valence-electron chi connectivity index (χ4n) is 2.12. The molecule has 2 heterocycles. The minimum atomic E-state index is -0.441. The molecule has 98 valence electrons. The number of hydrogen-bond acceptors (Lipinski definition) is 5. The van der Waals surface area contributed by atoms with Gasteiger partial charge in [-0.05, 0) is 13.8 Å². The summed E-state index contributed by atoms with van der Waals surface area (Å²) in [5.41, 5.74) is -0.131. The van der Waals surface area contributed by atoms with Crippen molar-refractivity contribution in [1.29, 1.82) is 0 Å². The van der Waals surface area contributed by atoms with Crippen molar-refractivity contribution in [3.8, 4) is 0 Å². The largest absolute Gasteiger partial charge is 0.348 e. The van der Waals surface area contributed by atoms with Gasteiger partial charge in [0.1, 0.15) is 0 Å². The summed E-state index contributed by atoms with van der Waals surface area (Å²) in [4.78, 5) is 16.6. The Hall–Kier alpha value is -1.40. The van der Waals surface area contributed by atoms with Gasteiger partial charge in [0.05, 0.1) is 9.95 Å². The summed E-state index contributed by atoms with van der Waals surface area (Å²) in [6.45, 7) is 6.25. The summed E-state index contributed by atoms with van der Waals surface area (Å²) in [5.74, 6) is 0.388. The Balaban J connectivity index is 2.35. The number of nitro groups is 1. The number of nitrogens with one attached hydrogen (secondary N) is 1. The van der Waals surface area contributed by atoms with Crippen LogP contribution in [0.1, 0.15) is 13.8 Å². The van der Waals surface area contributed by atoms with Crippen LogP contribution in [0.2, 0.25) is 5.02 Å². The average molecular weight is 271 g/mol. The lowest BCUT2D eigenvalue weighted by Crippen LogP contribution is -2.57. The molecule has 7 heteroatoms. The number of pyridine rings is 1. The van der Waals surface area contributed by atoms with Crippen molar-refractivity contribution < 1.29 is 4.92 Å². The number of piperazine rings is 1. The van der Waals surface area contributed by atoms with Crippen LogP contribution in [0, 0.1) is 10.1 Å². The Labute approximate surface area is 110 Å². The van der Waals surface area contributed by atoms with Crippen LogP contribution in [0.4, 0.5) is 11.5 Å². The van der Waals surface area contributed by atoms with Gasteiger partial charge in [-0.15, -0.1) is 0 Å². The number of rotatable bonds is 2. The minimum Gasteiger partial charge on any atom is -0.348 e. The fourth-order valence-corrected chi connectivity index (χ4v) is 2.27. The van der Waals surface area contributed by atoms with E-state index >= 15 is 0 Å². The van der Waals surface area contributed by atoms with E-state index in [0.717, 1.165) is 6.54 Å². The van der Waals surface area contributed by atoms with E-state index in [1.54, 1.807) is 0 Å². The maximum Gasteiger partial charge on any atom is 0.313 e. The first-order valence-corrected chi connectivity index (χ1v) is 6.07. The van der Waals surface area contributed by atoms with Crippen LogP contribution in [0.3, 0.4) is 0 Å². The average Bonchev–Trinajstić information content (AvgIpc) is 2.27. The molecular weight excluding hydrogens is 256 g/mol. The van der Waals surface area contributed by atoms with Crippen molar-refractivity contribution in [1.82, 2.24) is 10.3 Å². The molecule has 1 aromatic rings. The molecule has 2 rings (SSSR count). The topological polar surface area (TPSA) is 71.3 Å².